The van der Waals surface area contributed by atoms with Crippen LogP contribution in [0.4, 0.5) is 0 Å². The number of carbonyl (C=O) groups excluding carboxylic acids is 1. The highest BCUT2D eigenvalue weighted by Crippen LogP contribution is 2.40. The molecule has 0 bridgehead atoms. The fourth-order valence-electron chi connectivity index (χ4n) is 5.92. The van der Waals surface area contributed by atoms with Gasteiger partial charge >= 0.3 is 5.97 Å². The lowest BCUT2D eigenvalue weighted by molar-refractivity contribution is -0.137. The van der Waals surface area contributed by atoms with Gasteiger partial charge in [-0.3, -0.25) is 9.59 Å². The summed E-state index contributed by atoms with van der Waals surface area (Å²) in [5.74, 6) is 0.630. The monoisotopic (exact) mass is 526 g/mol. The molecule has 7 nitrogen and oxygen atoms in total. The van der Waals surface area contributed by atoms with E-state index in [1.54, 1.807) is 6.07 Å². The third-order valence-electron chi connectivity index (χ3n) is 8.37. The molecule has 1 aliphatic carbocycles. The Kier molecular flexibility index (Phi) is 13.8. The van der Waals surface area contributed by atoms with E-state index in [2.05, 4.69) is 30.1 Å². The van der Waals surface area contributed by atoms with E-state index < -0.39 is 5.97 Å². The zero-order chi connectivity index (χ0) is 24.6. The summed E-state index contributed by atoms with van der Waals surface area (Å²) >= 11 is 0. The lowest BCUT2D eigenvalue weighted by atomic mass is 9.68. The van der Waals surface area contributed by atoms with Crippen LogP contribution in [0.3, 0.4) is 0 Å². The lowest BCUT2D eigenvalue weighted by Gasteiger charge is -2.45. The summed E-state index contributed by atoms with van der Waals surface area (Å²) in [6.07, 6.45) is 10.2. The minimum absolute atomic E-state index is 0. The van der Waals surface area contributed by atoms with Gasteiger partial charge in [0.1, 0.15) is 5.75 Å². The number of amides is 1. The quantitative estimate of drug-likeness (QED) is 0.386. The van der Waals surface area contributed by atoms with Gasteiger partial charge in [0.05, 0.1) is 0 Å². The first-order valence-corrected chi connectivity index (χ1v) is 13.3. The fraction of sp³-hybridized carbons (Fsp3) is 0.714. The van der Waals surface area contributed by atoms with Crippen molar-refractivity contribution in [1.29, 1.82) is 0 Å². The number of aromatic hydroxyl groups is 1. The van der Waals surface area contributed by atoms with Gasteiger partial charge in [0.25, 0.3) is 0 Å². The van der Waals surface area contributed by atoms with Gasteiger partial charge in [-0.25, -0.2) is 0 Å². The van der Waals surface area contributed by atoms with Crippen molar-refractivity contribution in [1.82, 2.24) is 10.2 Å². The molecule has 36 heavy (non-hydrogen) atoms. The van der Waals surface area contributed by atoms with Crippen molar-refractivity contribution in [2.45, 2.75) is 95.9 Å². The molecular formula is C28H47ClN2O5. The summed E-state index contributed by atoms with van der Waals surface area (Å²) in [5, 5.41) is 22.1. The third-order valence-corrected chi connectivity index (χ3v) is 8.37. The van der Waals surface area contributed by atoms with Gasteiger partial charge in [-0.1, -0.05) is 58.1 Å². The summed E-state index contributed by atoms with van der Waals surface area (Å²) < 4.78 is 0. The number of benzene rings is 1. The van der Waals surface area contributed by atoms with E-state index >= 15 is 0 Å². The molecule has 1 unspecified atom stereocenters. The molecule has 2 fully saturated rings. The molecule has 206 valence electrons. The smallest absolute Gasteiger partial charge is 0.303 e. The van der Waals surface area contributed by atoms with Crippen molar-refractivity contribution >= 4 is 24.3 Å². The molecule has 1 saturated heterocycles. The zero-order valence-corrected chi connectivity index (χ0v) is 22.8. The Morgan fingerprint density at radius 2 is 1.92 bits per heavy atom. The Hall–Kier alpha value is -1.83. The molecule has 8 heteroatoms. The number of nitrogens with zero attached hydrogens (tertiary/aromatic N) is 1. The van der Waals surface area contributed by atoms with E-state index in [1.807, 2.05) is 12.1 Å². The van der Waals surface area contributed by atoms with Gasteiger partial charge in [0.2, 0.25) is 5.91 Å². The van der Waals surface area contributed by atoms with Gasteiger partial charge in [0.15, 0.2) is 0 Å². The van der Waals surface area contributed by atoms with Crippen LogP contribution in [0.5, 0.6) is 5.75 Å². The second-order valence-corrected chi connectivity index (χ2v) is 11.0. The Bertz CT molecular complexity index is 817. The Morgan fingerprint density at radius 3 is 2.56 bits per heavy atom. The standard InChI is InChI=1S/C28H44N2O4.ClH.H2O/c1-21-20-30(17-15-28(21,2)23-10-6-11-25(31)19-23)16-14-24(18-22-8-4-3-5-9-22)29-26(32)12-7-13-27(33)34;;/h6,10-11,19,21-22,24,31H,3-5,7-9,12-18,20H2,1-2H3,(H,29,32)(H,33,34);1H;1H2/t21-,24?,28-;;/m0../s1. The first kappa shape index (κ1) is 32.2. The second-order valence-electron chi connectivity index (χ2n) is 11.0. The SMILES string of the molecule is C[C@H]1CN(CCC(CC2CCCCC2)NC(=O)CCCC(=O)O)CC[C@]1(C)c1cccc(O)c1.Cl.O. The molecule has 1 amide bonds. The number of hydrogen-bond acceptors (Lipinski definition) is 4. The minimum Gasteiger partial charge on any atom is -0.508 e. The maximum atomic E-state index is 12.5. The minimum atomic E-state index is -0.844. The Labute approximate surface area is 222 Å². The molecule has 0 radical (unpaired) electrons. The number of hydrogen-bond donors (Lipinski definition) is 3. The molecule has 1 aromatic rings. The van der Waals surface area contributed by atoms with E-state index in [9.17, 15) is 14.7 Å². The number of nitrogens with one attached hydrogen (secondary N) is 1. The molecule has 5 N–H and O–H groups in total. The van der Waals surface area contributed by atoms with E-state index in [-0.39, 0.29) is 48.1 Å². The first-order valence-electron chi connectivity index (χ1n) is 13.3. The van der Waals surface area contributed by atoms with Crippen LogP contribution in [0.1, 0.15) is 90.0 Å². The predicted octanol–water partition coefficient (Wildman–Crippen LogP) is 4.69. The number of likely N-dealkylation sites (tertiary alicyclic amines) is 1. The molecule has 1 aromatic carbocycles. The van der Waals surface area contributed by atoms with Gasteiger partial charge in [-0.05, 0) is 67.2 Å². The van der Waals surface area contributed by atoms with Crippen LogP contribution >= 0.6 is 12.4 Å². The van der Waals surface area contributed by atoms with Crippen LogP contribution in [0.25, 0.3) is 0 Å². The molecule has 3 rings (SSSR count). The highest BCUT2D eigenvalue weighted by molar-refractivity contribution is 5.85. The van der Waals surface area contributed by atoms with Crippen LogP contribution in [0.2, 0.25) is 0 Å². The number of carboxylic acids is 1. The molecule has 0 spiro atoms. The largest absolute Gasteiger partial charge is 0.508 e. The maximum absolute atomic E-state index is 12.5. The molecule has 1 heterocycles. The van der Waals surface area contributed by atoms with Crippen molar-refractivity contribution in [3.8, 4) is 5.75 Å². The van der Waals surface area contributed by atoms with Crippen molar-refractivity contribution in [2.24, 2.45) is 11.8 Å². The third kappa shape index (κ3) is 9.56. The van der Waals surface area contributed by atoms with Gasteiger partial charge in [0, 0.05) is 32.0 Å². The number of phenols is 1. The molecule has 2 aliphatic rings. The Balaban J connectivity index is 0.00000324. The second kappa shape index (κ2) is 15.4. The topological polar surface area (TPSA) is 121 Å². The lowest BCUT2D eigenvalue weighted by Crippen LogP contribution is -2.48. The van der Waals surface area contributed by atoms with E-state index in [4.69, 9.17) is 5.11 Å². The Morgan fingerprint density at radius 1 is 1.19 bits per heavy atom. The summed E-state index contributed by atoms with van der Waals surface area (Å²) in [7, 11) is 0. The van der Waals surface area contributed by atoms with E-state index in [0.717, 1.165) is 38.9 Å². The molecule has 1 saturated carbocycles. The van der Waals surface area contributed by atoms with Crippen molar-refractivity contribution < 1.29 is 25.3 Å². The zero-order valence-electron chi connectivity index (χ0n) is 22.0. The van der Waals surface area contributed by atoms with Crippen LogP contribution in [0, 0.1) is 11.8 Å². The highest BCUT2D eigenvalue weighted by Gasteiger charge is 2.38. The summed E-state index contributed by atoms with van der Waals surface area (Å²) in [6, 6.07) is 7.87. The van der Waals surface area contributed by atoms with Crippen molar-refractivity contribution in [3.05, 3.63) is 29.8 Å². The van der Waals surface area contributed by atoms with Gasteiger partial charge in [-0.2, -0.15) is 0 Å². The number of rotatable bonds is 11. The summed E-state index contributed by atoms with van der Waals surface area (Å²) in [5.41, 5.74) is 1.26. The summed E-state index contributed by atoms with van der Waals surface area (Å²) in [6.45, 7) is 7.61. The summed E-state index contributed by atoms with van der Waals surface area (Å²) in [4.78, 5) is 25.8. The number of phenolic OH excluding ortho intramolecular Hbond substituents is 1. The van der Waals surface area contributed by atoms with Crippen LogP contribution in [0.15, 0.2) is 24.3 Å². The predicted molar refractivity (Wildman–Crippen MR) is 146 cm³/mol. The normalized spacial score (nSPS) is 23.7. The van der Waals surface area contributed by atoms with Gasteiger partial charge in [-0.15, -0.1) is 12.4 Å². The molecule has 3 atom stereocenters. The van der Waals surface area contributed by atoms with Gasteiger partial charge < -0.3 is 25.9 Å². The van der Waals surface area contributed by atoms with Crippen LogP contribution in [-0.4, -0.2) is 58.1 Å². The average molecular weight is 527 g/mol. The molecular weight excluding hydrogens is 480 g/mol. The number of aliphatic carboxylic acids is 1. The highest BCUT2D eigenvalue weighted by atomic mass is 35.5. The molecule has 1 aliphatic heterocycles. The first-order chi connectivity index (χ1) is 16.3. The number of carbonyl (C=O) groups is 2. The van der Waals surface area contributed by atoms with Crippen LogP contribution in [-0.2, 0) is 15.0 Å². The maximum Gasteiger partial charge on any atom is 0.303 e. The van der Waals surface area contributed by atoms with Crippen molar-refractivity contribution in [3.63, 3.8) is 0 Å². The molecule has 0 aromatic heterocycles. The van der Waals surface area contributed by atoms with Crippen LogP contribution < -0.4 is 5.32 Å². The fourth-order valence-corrected chi connectivity index (χ4v) is 5.92. The van der Waals surface area contributed by atoms with E-state index in [1.165, 1.54) is 37.7 Å². The number of carboxylic acid groups (broad SMARTS) is 1. The number of halogens is 1. The van der Waals surface area contributed by atoms with Crippen molar-refractivity contribution in [2.75, 3.05) is 19.6 Å². The van der Waals surface area contributed by atoms with E-state index in [0.29, 0.717) is 24.0 Å². The average Bonchev–Trinajstić information content (AvgIpc) is 2.80. The number of piperidine rings is 1.